The van der Waals surface area contributed by atoms with Crippen molar-refractivity contribution in [3.05, 3.63) is 18.1 Å². The molecule has 0 radical (unpaired) electrons. The zero-order valence-corrected chi connectivity index (χ0v) is 12.8. The van der Waals surface area contributed by atoms with Crippen LogP contribution in [0.15, 0.2) is 12.4 Å². The lowest BCUT2D eigenvalue weighted by Gasteiger charge is -2.30. The Kier molecular flexibility index (Phi) is 6.47. The molecule has 1 aromatic heterocycles. The number of aryl methyl sites for hydroxylation is 1. The molecular formula is C14H25N3S. The van der Waals surface area contributed by atoms with E-state index in [4.69, 9.17) is 0 Å². The number of rotatable bonds is 8. The van der Waals surface area contributed by atoms with Crippen LogP contribution in [0.25, 0.3) is 0 Å². The smallest absolute Gasteiger partial charge is 0.129 e. The van der Waals surface area contributed by atoms with Crippen molar-refractivity contribution in [1.82, 2.24) is 9.97 Å². The summed E-state index contributed by atoms with van der Waals surface area (Å²) in [6.45, 7) is 7.64. The third kappa shape index (κ3) is 4.16. The summed E-state index contributed by atoms with van der Waals surface area (Å²) in [7, 11) is 0. The van der Waals surface area contributed by atoms with Crippen LogP contribution in [0, 0.1) is 0 Å². The Morgan fingerprint density at radius 1 is 1.22 bits per heavy atom. The molecule has 102 valence electrons. The molecule has 0 atom stereocenters. The van der Waals surface area contributed by atoms with Crippen LogP contribution in [0.4, 0.5) is 5.82 Å². The molecule has 0 fully saturated rings. The van der Waals surface area contributed by atoms with E-state index < -0.39 is 0 Å². The third-order valence-corrected chi connectivity index (χ3v) is 5.13. The summed E-state index contributed by atoms with van der Waals surface area (Å²) in [6, 6.07) is 2.07. The summed E-state index contributed by atoms with van der Waals surface area (Å²) in [5.41, 5.74) is 1.12. The molecule has 0 aliphatic rings. The monoisotopic (exact) mass is 267 g/mol. The van der Waals surface area contributed by atoms with Crippen molar-refractivity contribution in [2.75, 3.05) is 18.1 Å². The molecule has 1 N–H and O–H groups in total. The number of hydrogen-bond donors (Lipinski definition) is 1. The summed E-state index contributed by atoms with van der Waals surface area (Å²) in [5, 5.41) is 3.47. The highest BCUT2D eigenvalue weighted by atomic mass is 32.2. The Morgan fingerprint density at radius 2 is 1.94 bits per heavy atom. The van der Waals surface area contributed by atoms with Crippen molar-refractivity contribution in [1.29, 1.82) is 0 Å². The van der Waals surface area contributed by atoms with Gasteiger partial charge in [-0.1, -0.05) is 27.2 Å². The van der Waals surface area contributed by atoms with Crippen molar-refractivity contribution >= 4 is 17.6 Å². The van der Waals surface area contributed by atoms with Gasteiger partial charge in [-0.2, -0.15) is 11.8 Å². The van der Waals surface area contributed by atoms with Gasteiger partial charge in [-0.05, 0) is 25.5 Å². The number of hydrogen-bond acceptors (Lipinski definition) is 4. The predicted molar refractivity (Wildman–Crippen MR) is 81.3 cm³/mol. The van der Waals surface area contributed by atoms with E-state index in [-0.39, 0.29) is 0 Å². The summed E-state index contributed by atoms with van der Waals surface area (Å²) in [4.78, 5) is 8.57. The Morgan fingerprint density at radius 3 is 2.50 bits per heavy atom. The summed E-state index contributed by atoms with van der Waals surface area (Å²) >= 11 is 1.95. The summed E-state index contributed by atoms with van der Waals surface area (Å²) in [6.07, 6.45) is 8.33. The lowest BCUT2D eigenvalue weighted by atomic mass is 10.0. The average molecular weight is 267 g/mol. The second kappa shape index (κ2) is 7.62. The molecule has 1 heterocycles. The van der Waals surface area contributed by atoms with Crippen molar-refractivity contribution in [3.8, 4) is 0 Å². The van der Waals surface area contributed by atoms with Crippen molar-refractivity contribution in [3.63, 3.8) is 0 Å². The van der Waals surface area contributed by atoms with Crippen LogP contribution in [0.1, 0.15) is 45.7 Å². The molecule has 0 aromatic carbocycles. The second-order valence-corrected chi connectivity index (χ2v) is 5.87. The van der Waals surface area contributed by atoms with E-state index in [0.717, 1.165) is 30.9 Å². The molecule has 0 saturated heterocycles. The van der Waals surface area contributed by atoms with Crippen molar-refractivity contribution in [2.24, 2.45) is 0 Å². The van der Waals surface area contributed by atoms with Gasteiger partial charge < -0.3 is 5.32 Å². The van der Waals surface area contributed by atoms with Crippen LogP contribution in [-0.2, 0) is 6.42 Å². The minimum absolute atomic E-state index is 0.315. The zero-order valence-electron chi connectivity index (χ0n) is 12.0. The van der Waals surface area contributed by atoms with E-state index in [1.807, 2.05) is 11.8 Å². The molecule has 0 spiro atoms. The van der Waals surface area contributed by atoms with E-state index in [1.54, 1.807) is 6.33 Å². The van der Waals surface area contributed by atoms with Gasteiger partial charge in [0, 0.05) is 23.1 Å². The first-order valence-electron chi connectivity index (χ1n) is 6.79. The number of thioether (sulfide) groups is 1. The lowest BCUT2D eigenvalue weighted by Crippen LogP contribution is -2.32. The largest absolute Gasteiger partial charge is 0.369 e. The van der Waals surface area contributed by atoms with Gasteiger partial charge in [-0.25, -0.2) is 9.97 Å². The third-order valence-electron chi connectivity index (χ3n) is 3.54. The Hall–Kier alpha value is -0.770. The Balaban J connectivity index is 2.64. The van der Waals surface area contributed by atoms with Gasteiger partial charge in [0.1, 0.15) is 12.1 Å². The first kappa shape index (κ1) is 15.3. The molecule has 0 unspecified atom stereocenters. The van der Waals surface area contributed by atoms with E-state index in [1.165, 1.54) is 12.8 Å². The molecule has 0 aliphatic carbocycles. The van der Waals surface area contributed by atoms with Gasteiger partial charge in [0.2, 0.25) is 0 Å². The van der Waals surface area contributed by atoms with Crippen LogP contribution >= 0.6 is 11.8 Å². The fourth-order valence-corrected chi connectivity index (χ4v) is 2.79. The van der Waals surface area contributed by atoms with E-state index in [2.05, 4.69) is 48.4 Å². The molecule has 4 heteroatoms. The zero-order chi connectivity index (χ0) is 13.4. The molecule has 3 nitrogen and oxygen atoms in total. The lowest BCUT2D eigenvalue weighted by molar-refractivity contribution is 0.574. The summed E-state index contributed by atoms with van der Waals surface area (Å²) < 4.78 is 0.315. The Bertz CT molecular complexity index is 342. The maximum atomic E-state index is 4.30. The molecule has 1 aromatic rings. The van der Waals surface area contributed by atoms with Crippen molar-refractivity contribution < 1.29 is 0 Å². The number of nitrogens with zero attached hydrogens (tertiary/aromatic N) is 2. The minimum Gasteiger partial charge on any atom is -0.369 e. The highest BCUT2D eigenvalue weighted by molar-refractivity contribution is 8.00. The summed E-state index contributed by atoms with van der Waals surface area (Å²) in [5.74, 6) is 0.953. The molecule has 0 bridgehead atoms. The van der Waals surface area contributed by atoms with Gasteiger partial charge in [-0.3, -0.25) is 0 Å². The molecular weight excluding hydrogens is 242 g/mol. The normalized spacial score (nSPS) is 11.6. The van der Waals surface area contributed by atoms with Gasteiger partial charge in [0.05, 0.1) is 0 Å². The van der Waals surface area contributed by atoms with Gasteiger partial charge >= 0.3 is 0 Å². The van der Waals surface area contributed by atoms with Crippen LogP contribution in [-0.4, -0.2) is 27.5 Å². The average Bonchev–Trinajstić information content (AvgIpc) is 2.42. The maximum Gasteiger partial charge on any atom is 0.129 e. The van der Waals surface area contributed by atoms with Gasteiger partial charge in [-0.15, -0.1) is 0 Å². The van der Waals surface area contributed by atoms with Gasteiger partial charge in [0.15, 0.2) is 0 Å². The standard InChI is InChI=1S/C14H25N3S/c1-5-8-12-9-13(17-11-16-12)15-10-14(6-2,7-3)18-4/h9,11H,5-8,10H2,1-4H3,(H,15,16,17). The van der Waals surface area contributed by atoms with Crippen LogP contribution in [0.2, 0.25) is 0 Å². The van der Waals surface area contributed by atoms with Crippen LogP contribution in [0.3, 0.4) is 0 Å². The first-order chi connectivity index (χ1) is 8.69. The predicted octanol–water partition coefficient (Wildman–Crippen LogP) is 3.76. The number of aromatic nitrogens is 2. The van der Waals surface area contributed by atoms with E-state index in [0.29, 0.717) is 4.75 Å². The quantitative estimate of drug-likeness (QED) is 0.778. The second-order valence-electron chi connectivity index (χ2n) is 4.59. The van der Waals surface area contributed by atoms with E-state index >= 15 is 0 Å². The van der Waals surface area contributed by atoms with Crippen LogP contribution in [0.5, 0.6) is 0 Å². The number of anilines is 1. The molecule has 0 saturated carbocycles. The van der Waals surface area contributed by atoms with Crippen molar-refractivity contribution in [2.45, 2.75) is 51.2 Å². The molecule has 1 rings (SSSR count). The minimum atomic E-state index is 0.315. The molecule has 0 amide bonds. The topological polar surface area (TPSA) is 37.8 Å². The fourth-order valence-electron chi connectivity index (χ4n) is 2.00. The molecule has 18 heavy (non-hydrogen) atoms. The fraction of sp³-hybridized carbons (Fsp3) is 0.714. The highest BCUT2D eigenvalue weighted by Crippen LogP contribution is 2.30. The van der Waals surface area contributed by atoms with E-state index in [9.17, 15) is 0 Å². The molecule has 0 aliphatic heterocycles. The Labute approximate surface area is 115 Å². The highest BCUT2D eigenvalue weighted by Gasteiger charge is 2.24. The number of nitrogens with one attached hydrogen (secondary N) is 1. The first-order valence-corrected chi connectivity index (χ1v) is 8.02. The van der Waals surface area contributed by atoms with Crippen LogP contribution < -0.4 is 5.32 Å². The SMILES string of the molecule is CCCc1cc(NCC(CC)(CC)SC)ncn1. The van der Waals surface area contributed by atoms with Gasteiger partial charge in [0.25, 0.3) is 0 Å². The maximum absolute atomic E-state index is 4.30.